The van der Waals surface area contributed by atoms with E-state index in [9.17, 15) is 18.0 Å². The number of carbonyl (C=O) groups excluding carboxylic acids is 2. The molecule has 2 aromatic rings. The summed E-state index contributed by atoms with van der Waals surface area (Å²) in [5.74, 6) is -0.790. The maximum Gasteiger partial charge on any atom is 0.244 e. The lowest BCUT2D eigenvalue weighted by Gasteiger charge is -2.33. The minimum atomic E-state index is -3.78. The molecule has 2 unspecified atom stereocenters. The van der Waals surface area contributed by atoms with Crippen LogP contribution in [0.3, 0.4) is 0 Å². The predicted molar refractivity (Wildman–Crippen MR) is 140 cm³/mol. The molecular formula is C24H31BrClN3O4S. The Labute approximate surface area is 215 Å². The highest BCUT2D eigenvalue weighted by Gasteiger charge is 2.32. The van der Waals surface area contributed by atoms with Crippen molar-refractivity contribution in [2.24, 2.45) is 0 Å². The van der Waals surface area contributed by atoms with Gasteiger partial charge in [-0.1, -0.05) is 65.6 Å². The maximum absolute atomic E-state index is 13.6. The number of anilines is 1. The molecule has 0 saturated carbocycles. The van der Waals surface area contributed by atoms with E-state index >= 15 is 0 Å². The summed E-state index contributed by atoms with van der Waals surface area (Å²) < 4.78 is 26.9. The van der Waals surface area contributed by atoms with E-state index in [0.29, 0.717) is 27.2 Å². The first-order chi connectivity index (χ1) is 16.0. The molecule has 0 saturated heterocycles. The predicted octanol–water partition coefficient (Wildman–Crippen LogP) is 4.59. The van der Waals surface area contributed by atoms with Crippen molar-refractivity contribution in [3.8, 4) is 0 Å². The van der Waals surface area contributed by atoms with E-state index < -0.39 is 28.5 Å². The first kappa shape index (κ1) is 28.1. The van der Waals surface area contributed by atoms with Crippen molar-refractivity contribution in [1.29, 1.82) is 0 Å². The second-order valence-electron chi connectivity index (χ2n) is 8.10. The summed E-state index contributed by atoms with van der Waals surface area (Å²) in [5.41, 5.74) is 1.01. The van der Waals surface area contributed by atoms with Crippen LogP contribution in [-0.2, 0) is 26.2 Å². The van der Waals surface area contributed by atoms with Gasteiger partial charge in [0.15, 0.2) is 0 Å². The molecule has 0 radical (unpaired) electrons. The van der Waals surface area contributed by atoms with Crippen LogP contribution in [0.4, 0.5) is 5.69 Å². The SMILES string of the molecule is CCC(C)NC(=O)C(CC)N(Cc1ccccc1Cl)C(=O)CN(c1cccc(Br)c1)S(C)(=O)=O. The van der Waals surface area contributed by atoms with E-state index in [1.54, 1.807) is 48.5 Å². The lowest BCUT2D eigenvalue weighted by molar-refractivity contribution is -0.140. The van der Waals surface area contributed by atoms with E-state index in [0.717, 1.165) is 17.0 Å². The number of rotatable bonds is 11. The van der Waals surface area contributed by atoms with Gasteiger partial charge in [-0.15, -0.1) is 0 Å². The van der Waals surface area contributed by atoms with Gasteiger partial charge in [-0.3, -0.25) is 13.9 Å². The minimum Gasteiger partial charge on any atom is -0.352 e. The number of hydrogen-bond acceptors (Lipinski definition) is 4. The zero-order valence-electron chi connectivity index (χ0n) is 19.8. The number of carbonyl (C=O) groups is 2. The Hall–Kier alpha value is -2.10. The Bertz CT molecular complexity index is 1110. The Balaban J connectivity index is 2.45. The average Bonchev–Trinajstić information content (AvgIpc) is 2.77. The average molecular weight is 573 g/mol. The molecule has 0 bridgehead atoms. The van der Waals surface area contributed by atoms with E-state index in [-0.39, 0.29) is 18.5 Å². The van der Waals surface area contributed by atoms with Crippen LogP contribution in [0, 0.1) is 0 Å². The number of sulfonamides is 1. The summed E-state index contributed by atoms with van der Waals surface area (Å²) >= 11 is 9.69. The number of nitrogens with one attached hydrogen (secondary N) is 1. The third-order valence-electron chi connectivity index (χ3n) is 5.46. The largest absolute Gasteiger partial charge is 0.352 e. The fourth-order valence-electron chi connectivity index (χ4n) is 3.42. The molecule has 2 amide bonds. The van der Waals surface area contributed by atoms with E-state index in [2.05, 4.69) is 21.2 Å². The number of amides is 2. The molecule has 0 aliphatic carbocycles. The molecule has 0 fully saturated rings. The molecule has 2 rings (SSSR count). The molecule has 0 heterocycles. The fraction of sp³-hybridized carbons (Fsp3) is 0.417. The summed E-state index contributed by atoms with van der Waals surface area (Å²) in [6, 6.07) is 12.9. The summed E-state index contributed by atoms with van der Waals surface area (Å²) in [4.78, 5) is 28.1. The molecule has 186 valence electrons. The Morgan fingerprint density at radius 3 is 2.32 bits per heavy atom. The standard InChI is InChI=1S/C24H31BrClN3O4S/c1-5-17(3)27-24(31)22(6-2)28(15-18-10-7-8-13-21(18)26)23(30)16-29(34(4,32)33)20-12-9-11-19(25)14-20/h7-14,17,22H,5-6,15-16H2,1-4H3,(H,27,31). The number of benzene rings is 2. The van der Waals surface area contributed by atoms with Gasteiger partial charge in [-0.05, 0) is 49.6 Å². The second kappa shape index (κ2) is 12.6. The van der Waals surface area contributed by atoms with Crippen LogP contribution < -0.4 is 9.62 Å². The summed E-state index contributed by atoms with van der Waals surface area (Å²) in [7, 11) is -3.78. The van der Waals surface area contributed by atoms with Gasteiger partial charge >= 0.3 is 0 Å². The van der Waals surface area contributed by atoms with Gasteiger partial charge in [0, 0.05) is 22.1 Å². The number of halogens is 2. The summed E-state index contributed by atoms with van der Waals surface area (Å²) in [6.45, 7) is 5.29. The Morgan fingerprint density at radius 2 is 1.76 bits per heavy atom. The molecule has 0 aliphatic rings. The van der Waals surface area contributed by atoms with E-state index in [1.165, 1.54) is 4.90 Å². The quantitative estimate of drug-likeness (QED) is 0.427. The monoisotopic (exact) mass is 571 g/mol. The lowest BCUT2D eigenvalue weighted by Crippen LogP contribution is -2.53. The van der Waals surface area contributed by atoms with Gasteiger partial charge < -0.3 is 10.2 Å². The van der Waals surface area contributed by atoms with Crippen LogP contribution in [0.1, 0.15) is 39.2 Å². The molecule has 7 nitrogen and oxygen atoms in total. The molecular weight excluding hydrogens is 542 g/mol. The molecule has 0 aliphatic heterocycles. The van der Waals surface area contributed by atoms with Crippen LogP contribution in [-0.4, -0.2) is 50.0 Å². The number of hydrogen-bond donors (Lipinski definition) is 1. The third-order valence-corrected chi connectivity index (χ3v) is 7.46. The molecule has 10 heteroatoms. The molecule has 0 spiro atoms. The van der Waals surface area contributed by atoms with Crippen molar-refractivity contribution in [3.05, 3.63) is 63.6 Å². The van der Waals surface area contributed by atoms with Gasteiger partial charge in [0.25, 0.3) is 0 Å². The second-order valence-corrected chi connectivity index (χ2v) is 11.3. The fourth-order valence-corrected chi connectivity index (χ4v) is 4.84. The van der Waals surface area contributed by atoms with Crippen molar-refractivity contribution in [2.45, 2.75) is 52.2 Å². The smallest absolute Gasteiger partial charge is 0.244 e. The van der Waals surface area contributed by atoms with Crippen LogP contribution in [0.2, 0.25) is 5.02 Å². The molecule has 34 heavy (non-hydrogen) atoms. The van der Waals surface area contributed by atoms with Crippen molar-refractivity contribution < 1.29 is 18.0 Å². The highest BCUT2D eigenvalue weighted by atomic mass is 79.9. The molecule has 2 aromatic carbocycles. The summed E-state index contributed by atoms with van der Waals surface area (Å²) in [5, 5.41) is 3.40. The van der Waals surface area contributed by atoms with Crippen molar-refractivity contribution in [1.82, 2.24) is 10.2 Å². The van der Waals surface area contributed by atoms with Crippen molar-refractivity contribution >= 4 is 55.1 Å². The number of nitrogens with zero attached hydrogens (tertiary/aromatic N) is 2. The van der Waals surface area contributed by atoms with Gasteiger partial charge in [0.2, 0.25) is 21.8 Å². The maximum atomic E-state index is 13.6. The van der Waals surface area contributed by atoms with Crippen molar-refractivity contribution in [2.75, 3.05) is 17.1 Å². The van der Waals surface area contributed by atoms with Gasteiger partial charge in [-0.2, -0.15) is 0 Å². The van der Waals surface area contributed by atoms with Gasteiger partial charge in [0.05, 0.1) is 11.9 Å². The normalized spacial score (nSPS) is 13.1. The molecule has 2 atom stereocenters. The van der Waals surface area contributed by atoms with E-state index in [1.807, 2.05) is 20.8 Å². The first-order valence-corrected chi connectivity index (χ1v) is 14.1. The Kier molecular flexibility index (Phi) is 10.4. The minimum absolute atomic E-state index is 0.0620. The van der Waals surface area contributed by atoms with Crippen LogP contribution >= 0.6 is 27.5 Å². The molecule has 1 N–H and O–H groups in total. The van der Waals surface area contributed by atoms with E-state index in [4.69, 9.17) is 11.6 Å². The van der Waals surface area contributed by atoms with Crippen LogP contribution in [0.15, 0.2) is 53.0 Å². The highest BCUT2D eigenvalue weighted by molar-refractivity contribution is 9.10. The highest BCUT2D eigenvalue weighted by Crippen LogP contribution is 2.24. The van der Waals surface area contributed by atoms with Gasteiger partial charge in [0.1, 0.15) is 12.6 Å². The Morgan fingerprint density at radius 1 is 1.09 bits per heavy atom. The molecule has 0 aromatic heterocycles. The van der Waals surface area contributed by atoms with Crippen molar-refractivity contribution in [3.63, 3.8) is 0 Å². The van der Waals surface area contributed by atoms with Crippen LogP contribution in [0.25, 0.3) is 0 Å². The lowest BCUT2D eigenvalue weighted by atomic mass is 10.1. The summed E-state index contributed by atoms with van der Waals surface area (Å²) in [6.07, 6.45) is 2.14. The van der Waals surface area contributed by atoms with Crippen LogP contribution in [0.5, 0.6) is 0 Å². The van der Waals surface area contributed by atoms with Gasteiger partial charge in [-0.25, -0.2) is 8.42 Å². The zero-order valence-corrected chi connectivity index (χ0v) is 23.0. The zero-order chi connectivity index (χ0) is 25.5. The first-order valence-electron chi connectivity index (χ1n) is 11.0. The third kappa shape index (κ3) is 7.71. The topological polar surface area (TPSA) is 86.8 Å².